The molecule has 0 aliphatic carbocycles. The number of nitrogens with zero attached hydrogens (tertiary/aromatic N) is 1. The van der Waals surface area contributed by atoms with Gasteiger partial charge < -0.3 is 4.90 Å². The van der Waals surface area contributed by atoms with Crippen LogP contribution in [0.2, 0.25) is 0 Å². The van der Waals surface area contributed by atoms with Gasteiger partial charge in [0, 0.05) is 13.0 Å². The molecule has 1 amide bonds. The van der Waals surface area contributed by atoms with Gasteiger partial charge in [0.2, 0.25) is 5.91 Å². The number of aryl methyl sites for hydroxylation is 1. The van der Waals surface area contributed by atoms with Crippen LogP contribution in [-0.4, -0.2) is 22.8 Å². The smallest absolute Gasteiger partial charge is 0.259 e. The van der Waals surface area contributed by atoms with Crippen molar-refractivity contribution in [3.63, 3.8) is 0 Å². The lowest BCUT2D eigenvalue weighted by Crippen LogP contribution is -2.44. The Morgan fingerprint density at radius 1 is 1.27 bits per heavy atom. The van der Waals surface area contributed by atoms with Crippen LogP contribution in [0.5, 0.6) is 0 Å². The minimum absolute atomic E-state index is 0.167. The van der Waals surface area contributed by atoms with E-state index in [0.717, 1.165) is 12.5 Å². The Labute approximate surface area is 128 Å². The fourth-order valence-electron chi connectivity index (χ4n) is 3.89. The zero-order valence-corrected chi connectivity index (χ0v) is 13.0. The van der Waals surface area contributed by atoms with Crippen molar-refractivity contribution in [3.05, 3.63) is 35.1 Å². The average molecular weight is 311 g/mol. The number of benzene rings is 1. The highest BCUT2D eigenvalue weighted by Crippen LogP contribution is 2.54. The van der Waals surface area contributed by atoms with Crippen molar-refractivity contribution >= 4 is 5.91 Å². The van der Waals surface area contributed by atoms with E-state index in [0.29, 0.717) is 18.4 Å². The monoisotopic (exact) mass is 311 g/mol. The second-order valence-electron chi connectivity index (χ2n) is 6.95. The molecule has 0 spiro atoms. The molecule has 3 atom stereocenters. The highest BCUT2D eigenvalue weighted by atomic mass is 19.3. The molecule has 0 bridgehead atoms. The van der Waals surface area contributed by atoms with Gasteiger partial charge in [-0.05, 0) is 56.4 Å². The fourth-order valence-corrected chi connectivity index (χ4v) is 3.89. The summed E-state index contributed by atoms with van der Waals surface area (Å²) in [4.78, 5) is 14.2. The number of carbonyl (C=O) groups excluding carboxylic acids is 1. The number of hydrogen-bond acceptors (Lipinski definition) is 1. The van der Waals surface area contributed by atoms with Gasteiger partial charge in [0.25, 0.3) is 5.92 Å². The maximum atomic E-state index is 13.9. The molecule has 22 heavy (non-hydrogen) atoms. The van der Waals surface area contributed by atoms with Gasteiger partial charge in [0.15, 0.2) is 0 Å². The normalized spacial score (nSPS) is 31.7. The summed E-state index contributed by atoms with van der Waals surface area (Å²) in [5, 5.41) is 0. The Bertz CT molecular complexity index is 605. The van der Waals surface area contributed by atoms with E-state index in [1.54, 1.807) is 11.8 Å². The number of rotatable bonds is 2. The van der Waals surface area contributed by atoms with Gasteiger partial charge in [-0.15, -0.1) is 0 Å². The summed E-state index contributed by atoms with van der Waals surface area (Å²) in [6, 6.07) is 4.20. The van der Waals surface area contributed by atoms with E-state index in [9.17, 15) is 18.0 Å². The Morgan fingerprint density at radius 2 is 1.95 bits per heavy atom. The van der Waals surface area contributed by atoms with E-state index in [2.05, 4.69) is 0 Å². The predicted octanol–water partition coefficient (Wildman–Crippen LogP) is 4.23. The number of hydrogen-bond donors (Lipinski definition) is 0. The second kappa shape index (κ2) is 4.74. The standard InChI is InChI=1S/C17H20F3NO/c1-10-6-11(8-12(18)7-10)14-5-4-13-9-16(2,17(3,19)20)15(22)21(13)14/h6-8,13-14H,4-5,9H2,1-3H3/t13-,14+,16+/m1/s1. The third-order valence-electron chi connectivity index (χ3n) is 5.27. The van der Waals surface area contributed by atoms with Crippen molar-refractivity contribution in [2.45, 2.75) is 58.0 Å². The van der Waals surface area contributed by atoms with Crippen molar-refractivity contribution in [2.75, 3.05) is 0 Å². The van der Waals surface area contributed by atoms with Crippen LogP contribution >= 0.6 is 0 Å². The maximum absolute atomic E-state index is 13.9. The molecule has 2 aliphatic rings. The third-order valence-corrected chi connectivity index (χ3v) is 5.27. The van der Waals surface area contributed by atoms with E-state index in [-0.39, 0.29) is 24.3 Å². The summed E-state index contributed by atoms with van der Waals surface area (Å²) in [5.74, 6) is -3.92. The number of alkyl halides is 2. The zero-order valence-electron chi connectivity index (χ0n) is 13.0. The molecule has 5 heteroatoms. The van der Waals surface area contributed by atoms with Crippen LogP contribution in [0.3, 0.4) is 0 Å². The predicted molar refractivity (Wildman–Crippen MR) is 77.1 cm³/mol. The summed E-state index contributed by atoms with van der Waals surface area (Å²) < 4.78 is 41.5. The van der Waals surface area contributed by atoms with Gasteiger partial charge in [-0.25, -0.2) is 13.2 Å². The topological polar surface area (TPSA) is 20.3 Å². The lowest BCUT2D eigenvalue weighted by molar-refractivity contribution is -0.156. The molecule has 120 valence electrons. The summed E-state index contributed by atoms with van der Waals surface area (Å²) in [5.41, 5.74) is -0.177. The van der Waals surface area contributed by atoms with E-state index in [1.165, 1.54) is 19.1 Å². The van der Waals surface area contributed by atoms with Gasteiger partial charge in [0.05, 0.1) is 6.04 Å². The number of halogens is 3. The molecule has 1 aromatic carbocycles. The summed E-state index contributed by atoms with van der Waals surface area (Å²) >= 11 is 0. The average Bonchev–Trinajstić information content (AvgIpc) is 2.88. The lowest BCUT2D eigenvalue weighted by Gasteiger charge is -2.31. The highest BCUT2D eigenvalue weighted by molar-refractivity contribution is 5.87. The molecule has 2 nitrogen and oxygen atoms in total. The SMILES string of the molecule is Cc1cc(F)cc([C@@H]2CC[C@@H]3C[C@](C)(C(C)(F)F)C(=O)N32)c1. The molecular weight excluding hydrogens is 291 g/mol. The van der Waals surface area contributed by atoms with Crippen molar-refractivity contribution in [2.24, 2.45) is 5.41 Å². The molecule has 3 rings (SSSR count). The molecule has 2 heterocycles. The Hall–Kier alpha value is -1.52. The number of carbonyl (C=O) groups is 1. The van der Waals surface area contributed by atoms with Gasteiger partial charge in [-0.2, -0.15) is 0 Å². The van der Waals surface area contributed by atoms with E-state index >= 15 is 0 Å². The first-order chi connectivity index (χ1) is 10.1. The quantitative estimate of drug-likeness (QED) is 0.800. The van der Waals surface area contributed by atoms with Gasteiger partial charge in [-0.1, -0.05) is 6.07 Å². The van der Waals surface area contributed by atoms with Crippen LogP contribution in [0.15, 0.2) is 18.2 Å². The highest BCUT2D eigenvalue weighted by Gasteiger charge is 2.62. The van der Waals surface area contributed by atoms with E-state index in [1.807, 2.05) is 6.07 Å². The lowest BCUT2D eigenvalue weighted by atomic mass is 9.80. The van der Waals surface area contributed by atoms with Crippen molar-refractivity contribution < 1.29 is 18.0 Å². The largest absolute Gasteiger partial charge is 0.332 e. The van der Waals surface area contributed by atoms with E-state index in [4.69, 9.17) is 0 Å². The fraction of sp³-hybridized carbons (Fsp3) is 0.588. The first kappa shape index (κ1) is 15.4. The minimum Gasteiger partial charge on any atom is -0.332 e. The molecule has 0 N–H and O–H groups in total. The summed E-state index contributed by atoms with van der Waals surface area (Å²) in [6.45, 7) is 3.95. The summed E-state index contributed by atoms with van der Waals surface area (Å²) in [7, 11) is 0. The van der Waals surface area contributed by atoms with Crippen LogP contribution in [0.1, 0.15) is 50.3 Å². The molecule has 2 fully saturated rings. The maximum Gasteiger partial charge on any atom is 0.259 e. The van der Waals surface area contributed by atoms with E-state index < -0.39 is 17.2 Å². The Kier molecular flexibility index (Phi) is 3.31. The Balaban J connectivity index is 1.97. The first-order valence-electron chi connectivity index (χ1n) is 7.61. The molecule has 0 aromatic heterocycles. The van der Waals surface area contributed by atoms with Gasteiger partial charge in [0.1, 0.15) is 11.2 Å². The van der Waals surface area contributed by atoms with Crippen LogP contribution in [0, 0.1) is 18.2 Å². The Morgan fingerprint density at radius 3 is 2.55 bits per heavy atom. The molecule has 0 radical (unpaired) electrons. The zero-order chi connectivity index (χ0) is 16.3. The third kappa shape index (κ3) is 2.13. The van der Waals surface area contributed by atoms with Crippen molar-refractivity contribution in [3.8, 4) is 0 Å². The molecule has 2 aliphatic heterocycles. The van der Waals surface area contributed by atoms with Crippen LogP contribution < -0.4 is 0 Å². The molecule has 0 unspecified atom stereocenters. The summed E-state index contributed by atoms with van der Waals surface area (Å²) in [6.07, 6.45) is 1.56. The van der Waals surface area contributed by atoms with Gasteiger partial charge >= 0.3 is 0 Å². The van der Waals surface area contributed by atoms with Crippen molar-refractivity contribution in [1.29, 1.82) is 0 Å². The molecular formula is C17H20F3NO. The minimum atomic E-state index is -3.06. The number of amides is 1. The number of fused-ring (bicyclic) bond motifs is 1. The molecule has 0 saturated carbocycles. The second-order valence-corrected chi connectivity index (χ2v) is 6.95. The first-order valence-corrected chi connectivity index (χ1v) is 7.61. The molecule has 2 saturated heterocycles. The van der Waals surface area contributed by atoms with Crippen molar-refractivity contribution in [1.82, 2.24) is 4.90 Å². The van der Waals surface area contributed by atoms with Gasteiger partial charge in [-0.3, -0.25) is 4.79 Å². The van der Waals surface area contributed by atoms with Crippen LogP contribution in [0.25, 0.3) is 0 Å². The van der Waals surface area contributed by atoms with Crippen LogP contribution in [-0.2, 0) is 4.79 Å². The molecule has 1 aromatic rings. The van der Waals surface area contributed by atoms with Crippen LogP contribution in [0.4, 0.5) is 13.2 Å².